The van der Waals surface area contributed by atoms with Crippen molar-refractivity contribution in [1.29, 1.82) is 0 Å². The van der Waals surface area contributed by atoms with Crippen molar-refractivity contribution in [2.24, 2.45) is 0 Å². The van der Waals surface area contributed by atoms with Gasteiger partial charge in [0.25, 0.3) is 0 Å². The molecule has 114 valence electrons. The molecule has 1 aromatic rings. The number of nitrogens with zero attached hydrogens (tertiary/aromatic N) is 3. The third kappa shape index (κ3) is 3.77. The molecule has 1 aliphatic rings. The number of rotatable bonds is 3. The van der Waals surface area contributed by atoms with Gasteiger partial charge < -0.3 is 10.0 Å². The monoisotopic (exact) mass is 327 g/mol. The van der Waals surface area contributed by atoms with Gasteiger partial charge >= 0.3 is 6.09 Å². The molecule has 0 atom stereocenters. The minimum atomic E-state index is -0.990. The SMILES string of the molecule is CC(C)(C)N1CC=CC=C1N(Cc1cnc(Cl)s1)C(=O)O. The lowest BCUT2D eigenvalue weighted by molar-refractivity contribution is 0.108. The minimum absolute atomic E-state index is 0.171. The Balaban J connectivity index is 2.30. The van der Waals surface area contributed by atoms with Gasteiger partial charge in [0.1, 0.15) is 5.82 Å². The Labute approximate surface area is 133 Å². The van der Waals surface area contributed by atoms with Gasteiger partial charge in [-0.05, 0) is 26.8 Å². The number of amides is 1. The van der Waals surface area contributed by atoms with Crippen molar-refractivity contribution in [3.05, 3.63) is 39.6 Å². The highest BCUT2D eigenvalue weighted by Gasteiger charge is 2.30. The highest BCUT2D eigenvalue weighted by atomic mass is 35.5. The van der Waals surface area contributed by atoms with E-state index in [9.17, 15) is 9.90 Å². The molecule has 0 aliphatic carbocycles. The second kappa shape index (κ2) is 6.07. The van der Waals surface area contributed by atoms with Crippen molar-refractivity contribution < 1.29 is 9.90 Å². The summed E-state index contributed by atoms with van der Waals surface area (Å²) in [5.74, 6) is 0.669. The Morgan fingerprint density at radius 1 is 1.57 bits per heavy atom. The van der Waals surface area contributed by atoms with Gasteiger partial charge in [-0.15, -0.1) is 11.3 Å². The summed E-state index contributed by atoms with van der Waals surface area (Å²) in [6, 6.07) is 0. The summed E-state index contributed by atoms with van der Waals surface area (Å²) in [5, 5.41) is 9.56. The number of aromatic nitrogens is 1. The summed E-state index contributed by atoms with van der Waals surface area (Å²) in [6.45, 7) is 7.10. The molecule has 1 amide bonds. The zero-order chi connectivity index (χ0) is 15.6. The van der Waals surface area contributed by atoms with E-state index in [-0.39, 0.29) is 12.1 Å². The molecule has 1 N–H and O–H groups in total. The summed E-state index contributed by atoms with van der Waals surface area (Å²) in [4.78, 5) is 19.8. The maximum Gasteiger partial charge on any atom is 0.413 e. The normalized spacial score (nSPS) is 15.0. The number of hydrogen-bond acceptors (Lipinski definition) is 4. The minimum Gasteiger partial charge on any atom is -0.465 e. The van der Waals surface area contributed by atoms with Crippen LogP contribution in [0.25, 0.3) is 0 Å². The molecule has 1 aromatic heterocycles. The Kier molecular flexibility index (Phi) is 4.58. The van der Waals surface area contributed by atoms with E-state index < -0.39 is 6.09 Å². The Morgan fingerprint density at radius 3 is 2.81 bits per heavy atom. The van der Waals surface area contributed by atoms with Crippen LogP contribution in [0, 0.1) is 0 Å². The first kappa shape index (κ1) is 15.9. The van der Waals surface area contributed by atoms with E-state index in [4.69, 9.17) is 11.6 Å². The smallest absolute Gasteiger partial charge is 0.413 e. The van der Waals surface area contributed by atoms with Gasteiger partial charge in [0, 0.05) is 23.2 Å². The maximum atomic E-state index is 11.7. The van der Waals surface area contributed by atoms with E-state index in [2.05, 4.69) is 30.7 Å². The number of carbonyl (C=O) groups is 1. The van der Waals surface area contributed by atoms with E-state index >= 15 is 0 Å². The fourth-order valence-corrected chi connectivity index (χ4v) is 3.08. The van der Waals surface area contributed by atoms with Gasteiger partial charge in [-0.2, -0.15) is 0 Å². The molecule has 0 radical (unpaired) electrons. The Morgan fingerprint density at radius 2 is 2.29 bits per heavy atom. The summed E-state index contributed by atoms with van der Waals surface area (Å²) in [5.41, 5.74) is -0.171. The van der Waals surface area contributed by atoms with Crippen LogP contribution in [0.4, 0.5) is 4.79 Å². The second-order valence-electron chi connectivity index (χ2n) is 5.68. The molecule has 2 heterocycles. The zero-order valence-corrected chi connectivity index (χ0v) is 13.8. The lowest BCUT2D eigenvalue weighted by Crippen LogP contribution is -2.48. The van der Waals surface area contributed by atoms with Crippen molar-refractivity contribution in [3.8, 4) is 0 Å². The third-order valence-electron chi connectivity index (χ3n) is 3.10. The van der Waals surface area contributed by atoms with Crippen LogP contribution in [0.2, 0.25) is 4.47 Å². The fraction of sp³-hybridized carbons (Fsp3) is 0.429. The van der Waals surface area contributed by atoms with Crippen LogP contribution in [0.15, 0.2) is 30.2 Å². The molecule has 0 bridgehead atoms. The van der Waals surface area contributed by atoms with Gasteiger partial charge in [0.2, 0.25) is 0 Å². The number of allylic oxidation sites excluding steroid dienone is 2. The standard InChI is InChI=1S/C14H18ClN3O2S/c1-14(2,3)18-7-5-4-6-11(18)17(13(19)20)9-10-8-16-12(15)21-10/h4-6,8H,7,9H2,1-3H3,(H,19,20). The van der Waals surface area contributed by atoms with Crippen LogP contribution < -0.4 is 0 Å². The second-order valence-corrected chi connectivity index (χ2v) is 7.38. The number of hydrogen-bond donors (Lipinski definition) is 1. The summed E-state index contributed by atoms with van der Waals surface area (Å²) in [7, 11) is 0. The largest absolute Gasteiger partial charge is 0.465 e. The molecule has 0 unspecified atom stereocenters. The highest BCUT2D eigenvalue weighted by molar-refractivity contribution is 7.15. The molecular formula is C14H18ClN3O2S. The molecule has 1 aliphatic heterocycles. The van der Waals surface area contributed by atoms with Crippen LogP contribution in [0.3, 0.4) is 0 Å². The van der Waals surface area contributed by atoms with Crippen molar-refractivity contribution in [2.45, 2.75) is 32.9 Å². The number of carboxylic acid groups (broad SMARTS) is 1. The number of halogens is 1. The van der Waals surface area contributed by atoms with Gasteiger partial charge in [-0.1, -0.05) is 23.8 Å². The average molecular weight is 328 g/mol. The van der Waals surface area contributed by atoms with E-state index in [1.54, 1.807) is 6.20 Å². The van der Waals surface area contributed by atoms with Gasteiger partial charge in [0.15, 0.2) is 4.47 Å². The van der Waals surface area contributed by atoms with E-state index in [0.29, 0.717) is 16.8 Å². The predicted molar refractivity (Wildman–Crippen MR) is 84.4 cm³/mol. The predicted octanol–water partition coefficient (Wildman–Crippen LogP) is 3.79. The zero-order valence-electron chi connectivity index (χ0n) is 12.2. The van der Waals surface area contributed by atoms with E-state index in [1.807, 2.05) is 18.2 Å². The molecule has 5 nitrogen and oxygen atoms in total. The fourth-order valence-electron chi connectivity index (χ4n) is 2.12. The third-order valence-corrected chi connectivity index (χ3v) is 4.20. The highest BCUT2D eigenvalue weighted by Crippen LogP contribution is 2.27. The molecule has 0 saturated heterocycles. The van der Waals surface area contributed by atoms with E-state index in [0.717, 1.165) is 4.88 Å². The van der Waals surface area contributed by atoms with Crippen LogP contribution in [0.5, 0.6) is 0 Å². The van der Waals surface area contributed by atoms with Crippen LogP contribution in [0.1, 0.15) is 25.6 Å². The quantitative estimate of drug-likeness (QED) is 0.917. The molecule has 0 saturated carbocycles. The first-order valence-electron chi connectivity index (χ1n) is 6.54. The summed E-state index contributed by atoms with van der Waals surface area (Å²) < 4.78 is 0.417. The van der Waals surface area contributed by atoms with Gasteiger partial charge in [-0.25, -0.2) is 9.78 Å². The number of thiazole rings is 1. The first-order valence-corrected chi connectivity index (χ1v) is 7.73. The van der Waals surface area contributed by atoms with Crippen molar-refractivity contribution in [2.75, 3.05) is 6.54 Å². The Hall–Kier alpha value is -1.53. The topological polar surface area (TPSA) is 56.7 Å². The molecule has 0 spiro atoms. The van der Waals surface area contributed by atoms with Crippen LogP contribution in [-0.2, 0) is 6.54 Å². The van der Waals surface area contributed by atoms with Crippen LogP contribution in [-0.4, -0.2) is 38.1 Å². The van der Waals surface area contributed by atoms with Crippen molar-refractivity contribution >= 4 is 29.0 Å². The maximum absolute atomic E-state index is 11.7. The van der Waals surface area contributed by atoms with Crippen molar-refractivity contribution in [1.82, 2.24) is 14.8 Å². The molecule has 0 aromatic carbocycles. The van der Waals surface area contributed by atoms with Gasteiger partial charge in [-0.3, -0.25) is 4.90 Å². The molecule has 21 heavy (non-hydrogen) atoms. The Bertz CT molecular complexity index is 589. The van der Waals surface area contributed by atoms with Crippen molar-refractivity contribution in [3.63, 3.8) is 0 Å². The van der Waals surface area contributed by atoms with Gasteiger partial charge in [0.05, 0.1) is 6.54 Å². The lowest BCUT2D eigenvalue weighted by atomic mass is 10.0. The molecular weight excluding hydrogens is 310 g/mol. The van der Waals surface area contributed by atoms with E-state index in [1.165, 1.54) is 16.2 Å². The summed E-state index contributed by atoms with van der Waals surface area (Å²) in [6.07, 6.45) is 6.34. The first-order chi connectivity index (χ1) is 9.79. The van der Waals surface area contributed by atoms with Crippen LogP contribution >= 0.6 is 22.9 Å². The summed E-state index contributed by atoms with van der Waals surface area (Å²) >= 11 is 7.11. The molecule has 7 heteroatoms. The average Bonchev–Trinajstić information content (AvgIpc) is 2.80. The molecule has 0 fully saturated rings. The molecule has 2 rings (SSSR count). The lowest BCUT2D eigenvalue weighted by Gasteiger charge is -2.42.